The van der Waals surface area contributed by atoms with Gasteiger partial charge in [-0.3, -0.25) is 4.79 Å². The summed E-state index contributed by atoms with van der Waals surface area (Å²) in [5.74, 6) is 1.06. The summed E-state index contributed by atoms with van der Waals surface area (Å²) in [6, 6.07) is 14.0. The van der Waals surface area contributed by atoms with Gasteiger partial charge in [-0.1, -0.05) is 35.5 Å². The van der Waals surface area contributed by atoms with Gasteiger partial charge >= 0.3 is 0 Å². The molecular weight excluding hydrogens is 518 g/mol. The fourth-order valence-electron chi connectivity index (χ4n) is 4.54. The molecule has 2 saturated heterocycles. The number of amides is 1. The van der Waals surface area contributed by atoms with Gasteiger partial charge in [-0.15, -0.1) is 0 Å². The van der Waals surface area contributed by atoms with Gasteiger partial charge in [0.15, 0.2) is 5.82 Å². The number of hydrogen-bond donors (Lipinski definition) is 0. The highest BCUT2D eigenvalue weighted by Gasteiger charge is 2.30. The number of para-hydroxylation sites is 2. The highest BCUT2D eigenvalue weighted by Crippen LogP contribution is 2.31. The van der Waals surface area contributed by atoms with Gasteiger partial charge in [-0.05, 0) is 55.7 Å². The van der Waals surface area contributed by atoms with E-state index in [4.69, 9.17) is 21.6 Å². The van der Waals surface area contributed by atoms with Crippen molar-refractivity contribution in [3.8, 4) is 0 Å². The van der Waals surface area contributed by atoms with E-state index < -0.39 is 10.0 Å². The summed E-state index contributed by atoms with van der Waals surface area (Å²) in [5, 5.41) is 1.26. The van der Waals surface area contributed by atoms with Gasteiger partial charge in [0, 0.05) is 44.3 Å². The van der Waals surface area contributed by atoms with Crippen LogP contribution in [0.3, 0.4) is 0 Å². The molecule has 0 bridgehead atoms. The number of piperidine rings is 1. The molecule has 2 aromatic carbocycles. The predicted molar refractivity (Wildman–Crippen MR) is 143 cm³/mol. The Morgan fingerprint density at radius 3 is 2.17 bits per heavy atom. The second-order valence-electron chi connectivity index (χ2n) is 8.92. The van der Waals surface area contributed by atoms with Crippen molar-refractivity contribution in [2.75, 3.05) is 49.9 Å². The number of aromatic nitrogens is 2. The molecule has 3 heterocycles. The van der Waals surface area contributed by atoms with Crippen molar-refractivity contribution in [1.29, 1.82) is 0 Å². The third-order valence-electron chi connectivity index (χ3n) is 6.55. The molecule has 3 aromatic rings. The summed E-state index contributed by atoms with van der Waals surface area (Å²) in [6.45, 7) is 3.12. The van der Waals surface area contributed by atoms with E-state index in [-0.39, 0.29) is 29.6 Å². The molecule has 11 heteroatoms. The minimum Gasteiger partial charge on any atom is -0.354 e. The normalized spacial score (nSPS) is 17.5. The summed E-state index contributed by atoms with van der Waals surface area (Å²) < 4.78 is 27.3. The summed E-state index contributed by atoms with van der Waals surface area (Å²) in [6.07, 6.45) is 3.47. The Morgan fingerprint density at radius 2 is 1.50 bits per heavy atom. The Kier molecular flexibility index (Phi) is 7.66. The van der Waals surface area contributed by atoms with Gasteiger partial charge in [0.25, 0.3) is 0 Å². The Balaban J connectivity index is 1.24. The minimum atomic E-state index is -3.61. The van der Waals surface area contributed by atoms with E-state index in [9.17, 15) is 13.2 Å². The van der Waals surface area contributed by atoms with Crippen LogP contribution in [0, 0.1) is 0 Å². The number of sulfonamides is 1. The first-order chi connectivity index (χ1) is 17.4. The lowest BCUT2D eigenvalue weighted by molar-refractivity contribution is -0.129. The molecule has 0 radical (unpaired) electrons. The maximum Gasteiger partial charge on any atom is 0.243 e. The molecule has 1 amide bonds. The van der Waals surface area contributed by atoms with Gasteiger partial charge in [-0.25, -0.2) is 18.4 Å². The Labute approximate surface area is 220 Å². The first kappa shape index (κ1) is 25.3. The molecular formula is C25H28ClN5O3S2. The largest absolute Gasteiger partial charge is 0.354 e. The molecule has 2 aliphatic rings. The summed E-state index contributed by atoms with van der Waals surface area (Å²) in [7, 11) is -3.61. The van der Waals surface area contributed by atoms with Crippen molar-refractivity contribution in [3.63, 3.8) is 0 Å². The highest BCUT2D eigenvalue weighted by molar-refractivity contribution is 8.00. The number of piperazine rings is 1. The van der Waals surface area contributed by atoms with Crippen LogP contribution in [0.2, 0.25) is 5.02 Å². The zero-order valence-corrected chi connectivity index (χ0v) is 22.2. The summed E-state index contributed by atoms with van der Waals surface area (Å²) in [5.41, 5.74) is 1.67. The number of nitrogens with zero attached hydrogens (tertiary/aromatic N) is 5. The van der Waals surface area contributed by atoms with E-state index in [1.165, 1.54) is 34.6 Å². The van der Waals surface area contributed by atoms with E-state index in [2.05, 4.69) is 4.90 Å². The van der Waals surface area contributed by atoms with Crippen molar-refractivity contribution in [1.82, 2.24) is 19.2 Å². The average Bonchev–Trinajstić information content (AvgIpc) is 2.92. The van der Waals surface area contributed by atoms with Crippen LogP contribution in [-0.4, -0.2) is 78.5 Å². The topological polar surface area (TPSA) is 86.7 Å². The van der Waals surface area contributed by atoms with Gasteiger partial charge < -0.3 is 9.80 Å². The number of carbonyl (C=O) groups is 1. The van der Waals surface area contributed by atoms with E-state index in [0.29, 0.717) is 18.1 Å². The van der Waals surface area contributed by atoms with Crippen LogP contribution in [0.1, 0.15) is 19.3 Å². The predicted octanol–water partition coefficient (Wildman–Crippen LogP) is 3.90. The number of benzene rings is 2. The number of carbonyl (C=O) groups excluding carboxylic acids is 1. The van der Waals surface area contributed by atoms with Crippen molar-refractivity contribution in [3.05, 3.63) is 53.6 Å². The van der Waals surface area contributed by atoms with Crippen molar-refractivity contribution in [2.45, 2.75) is 29.2 Å². The Bertz CT molecular complexity index is 1340. The lowest BCUT2D eigenvalue weighted by Gasteiger charge is -2.34. The molecule has 5 rings (SSSR count). The smallest absolute Gasteiger partial charge is 0.243 e. The van der Waals surface area contributed by atoms with Crippen LogP contribution in [0.4, 0.5) is 5.82 Å². The molecule has 0 atom stereocenters. The van der Waals surface area contributed by atoms with E-state index >= 15 is 0 Å². The van der Waals surface area contributed by atoms with Crippen molar-refractivity contribution in [2.24, 2.45) is 0 Å². The average molecular weight is 546 g/mol. The highest BCUT2D eigenvalue weighted by atomic mass is 35.5. The van der Waals surface area contributed by atoms with E-state index in [0.717, 1.165) is 47.8 Å². The van der Waals surface area contributed by atoms with Crippen LogP contribution in [-0.2, 0) is 14.8 Å². The first-order valence-corrected chi connectivity index (χ1v) is 14.9. The zero-order valence-electron chi connectivity index (χ0n) is 19.8. The number of rotatable bonds is 6. The second kappa shape index (κ2) is 10.9. The fraction of sp³-hybridized carbons (Fsp3) is 0.400. The fourth-order valence-corrected chi connectivity index (χ4v) is 7.00. The van der Waals surface area contributed by atoms with Crippen molar-refractivity contribution < 1.29 is 13.2 Å². The van der Waals surface area contributed by atoms with Gasteiger partial charge in [0.05, 0.1) is 21.7 Å². The Morgan fingerprint density at radius 1 is 0.861 bits per heavy atom. The first-order valence-electron chi connectivity index (χ1n) is 12.1. The lowest BCUT2D eigenvalue weighted by atomic mass is 10.1. The van der Waals surface area contributed by atoms with Crippen LogP contribution in [0.25, 0.3) is 11.0 Å². The van der Waals surface area contributed by atoms with Gasteiger partial charge in [0.2, 0.25) is 15.9 Å². The monoisotopic (exact) mass is 545 g/mol. The second-order valence-corrected chi connectivity index (χ2v) is 12.3. The number of fused-ring (bicyclic) bond motifs is 1. The number of thioether (sulfide) groups is 1. The number of anilines is 1. The minimum absolute atomic E-state index is 0.0249. The van der Waals surface area contributed by atoms with Crippen LogP contribution in [0.5, 0.6) is 0 Å². The van der Waals surface area contributed by atoms with Crippen LogP contribution < -0.4 is 4.90 Å². The van der Waals surface area contributed by atoms with Gasteiger partial charge in [0.1, 0.15) is 5.03 Å². The molecule has 1 aromatic heterocycles. The quantitative estimate of drug-likeness (QED) is 0.434. The maximum atomic E-state index is 13.0. The van der Waals surface area contributed by atoms with Crippen LogP contribution in [0.15, 0.2) is 58.5 Å². The van der Waals surface area contributed by atoms with E-state index in [1.807, 2.05) is 24.3 Å². The third-order valence-corrected chi connectivity index (χ3v) is 9.66. The molecule has 0 N–H and O–H groups in total. The maximum absolute atomic E-state index is 13.0. The molecule has 190 valence electrons. The molecule has 0 aliphatic carbocycles. The molecule has 36 heavy (non-hydrogen) atoms. The lowest BCUT2D eigenvalue weighted by Crippen LogP contribution is -2.50. The third kappa shape index (κ3) is 5.46. The van der Waals surface area contributed by atoms with E-state index in [1.54, 1.807) is 17.0 Å². The molecule has 8 nitrogen and oxygen atoms in total. The van der Waals surface area contributed by atoms with Gasteiger partial charge in [-0.2, -0.15) is 4.31 Å². The van der Waals surface area contributed by atoms with Crippen LogP contribution >= 0.6 is 23.4 Å². The molecule has 2 fully saturated rings. The van der Waals surface area contributed by atoms with Crippen molar-refractivity contribution >= 4 is 56.1 Å². The summed E-state index contributed by atoms with van der Waals surface area (Å²) in [4.78, 5) is 27.0. The Hall–Kier alpha value is -2.40. The standard InChI is InChI=1S/C25H28ClN5O3S2/c26-19-8-10-20(11-9-19)36(33,34)31-16-14-29(15-17-31)23(32)18-35-25-24(30-12-4-1-5-13-30)27-21-6-2-3-7-22(21)28-25/h2-3,6-11H,1,4-5,12-18H2. The molecule has 0 spiro atoms. The number of hydrogen-bond acceptors (Lipinski definition) is 7. The molecule has 2 aliphatic heterocycles. The number of halogens is 1. The SMILES string of the molecule is O=C(CSc1nc2ccccc2nc1N1CCCCC1)N1CCN(S(=O)(=O)c2ccc(Cl)cc2)CC1. The summed E-state index contributed by atoms with van der Waals surface area (Å²) >= 11 is 7.30. The molecule has 0 saturated carbocycles. The molecule has 0 unspecified atom stereocenters. The zero-order chi connectivity index (χ0) is 25.1.